The zero-order valence-electron chi connectivity index (χ0n) is 15.5. The number of hydrogen-bond donors (Lipinski definition) is 1. The van der Waals surface area contributed by atoms with E-state index >= 15 is 0 Å². The fraction of sp³-hybridized carbons (Fsp3) is 0.500. The Balaban J connectivity index is 1.53. The van der Waals surface area contributed by atoms with E-state index in [4.69, 9.17) is 0 Å². The first kappa shape index (κ1) is 17.8. The highest BCUT2D eigenvalue weighted by atomic mass is 32.2. The summed E-state index contributed by atoms with van der Waals surface area (Å²) in [5, 5.41) is 1.20. The summed E-state index contributed by atoms with van der Waals surface area (Å²) in [7, 11) is -3.37. The van der Waals surface area contributed by atoms with Crippen molar-refractivity contribution in [2.24, 2.45) is 11.8 Å². The fourth-order valence-electron chi connectivity index (χ4n) is 4.40. The minimum absolute atomic E-state index is 0.427. The topological polar surface area (TPSA) is 56.4 Å². The van der Waals surface area contributed by atoms with Crippen LogP contribution in [0.15, 0.2) is 36.5 Å². The maximum Gasteiger partial charge on any atom is 0.282 e. The van der Waals surface area contributed by atoms with Crippen LogP contribution in [0.4, 0.5) is 0 Å². The van der Waals surface area contributed by atoms with Crippen LogP contribution in [-0.4, -0.2) is 48.2 Å². The molecule has 6 heteroatoms. The standard InChI is InChI=1S/C20H27N3O2S/c1-15-11-16(2)14-23(13-15)26(24,25)22-9-7-17(8-10-22)19-12-21-20-6-4-3-5-18(19)20/h3-7,12,15-16,21H,8-11,13-14H2,1-2H3/t15-,16+. The Bertz CT molecular complexity index is 921. The van der Waals surface area contributed by atoms with E-state index < -0.39 is 10.2 Å². The second-order valence-corrected chi connectivity index (χ2v) is 9.78. The lowest BCUT2D eigenvalue weighted by Gasteiger charge is -2.38. The van der Waals surface area contributed by atoms with Gasteiger partial charge in [-0.15, -0.1) is 0 Å². The van der Waals surface area contributed by atoms with Crippen LogP contribution in [0.2, 0.25) is 0 Å². The lowest BCUT2D eigenvalue weighted by atomic mass is 9.94. The van der Waals surface area contributed by atoms with Crippen LogP contribution in [0.3, 0.4) is 0 Å². The third-order valence-corrected chi connectivity index (χ3v) is 7.53. The van der Waals surface area contributed by atoms with E-state index in [2.05, 4.69) is 37.0 Å². The Labute approximate surface area is 155 Å². The average Bonchev–Trinajstić information content (AvgIpc) is 3.05. The SMILES string of the molecule is C[C@@H]1C[C@H](C)CN(S(=O)(=O)N2CC=C(c3c[nH]c4ccccc34)CC2)C1. The molecular formula is C20H27N3O2S. The van der Waals surface area contributed by atoms with Crippen LogP contribution < -0.4 is 0 Å². The van der Waals surface area contributed by atoms with Gasteiger partial charge in [-0.1, -0.05) is 38.1 Å². The molecule has 0 unspecified atom stereocenters. The first-order valence-corrected chi connectivity index (χ1v) is 10.9. The molecule has 0 spiro atoms. The lowest BCUT2D eigenvalue weighted by Crippen LogP contribution is -2.50. The molecule has 3 heterocycles. The minimum atomic E-state index is -3.37. The van der Waals surface area contributed by atoms with Crippen LogP contribution in [0.25, 0.3) is 16.5 Å². The number of H-pyrrole nitrogens is 1. The molecular weight excluding hydrogens is 346 g/mol. The van der Waals surface area contributed by atoms with E-state index in [0.29, 0.717) is 38.0 Å². The summed E-state index contributed by atoms with van der Waals surface area (Å²) in [6.07, 6.45) is 5.97. The molecule has 2 atom stereocenters. The minimum Gasteiger partial charge on any atom is -0.361 e. The number of nitrogens with one attached hydrogen (secondary N) is 1. The van der Waals surface area contributed by atoms with Crippen LogP contribution in [0.5, 0.6) is 0 Å². The Morgan fingerprint density at radius 1 is 1.08 bits per heavy atom. The van der Waals surface area contributed by atoms with Crippen molar-refractivity contribution >= 4 is 26.7 Å². The predicted octanol–water partition coefficient (Wildman–Crippen LogP) is 3.48. The summed E-state index contributed by atoms with van der Waals surface area (Å²) in [4.78, 5) is 3.31. The lowest BCUT2D eigenvalue weighted by molar-refractivity contribution is 0.210. The van der Waals surface area contributed by atoms with E-state index in [0.717, 1.165) is 18.4 Å². The first-order chi connectivity index (χ1) is 12.4. The van der Waals surface area contributed by atoms with E-state index in [1.54, 1.807) is 8.61 Å². The number of aromatic amines is 1. The predicted molar refractivity (Wildman–Crippen MR) is 106 cm³/mol. The highest BCUT2D eigenvalue weighted by Gasteiger charge is 2.35. The summed E-state index contributed by atoms with van der Waals surface area (Å²) in [6, 6.07) is 8.24. The number of nitrogens with zero attached hydrogens (tertiary/aromatic N) is 2. The second kappa shape index (κ2) is 6.83. The van der Waals surface area contributed by atoms with Crippen molar-refractivity contribution in [3.05, 3.63) is 42.1 Å². The highest BCUT2D eigenvalue weighted by molar-refractivity contribution is 7.86. The van der Waals surface area contributed by atoms with Gasteiger partial charge in [0.1, 0.15) is 0 Å². The molecule has 0 amide bonds. The number of piperidine rings is 1. The molecule has 26 heavy (non-hydrogen) atoms. The molecule has 2 aliphatic heterocycles. The van der Waals surface area contributed by atoms with Gasteiger partial charge >= 0.3 is 0 Å². The van der Waals surface area contributed by atoms with Crippen molar-refractivity contribution in [3.63, 3.8) is 0 Å². The van der Waals surface area contributed by atoms with Gasteiger partial charge in [-0.2, -0.15) is 17.0 Å². The van der Waals surface area contributed by atoms with E-state index in [9.17, 15) is 8.42 Å². The average molecular weight is 374 g/mol. The normalized spacial score (nSPS) is 26.2. The summed E-state index contributed by atoms with van der Waals surface area (Å²) >= 11 is 0. The molecule has 2 aliphatic rings. The zero-order chi connectivity index (χ0) is 18.3. The molecule has 0 bridgehead atoms. The highest BCUT2D eigenvalue weighted by Crippen LogP contribution is 2.31. The zero-order valence-corrected chi connectivity index (χ0v) is 16.3. The van der Waals surface area contributed by atoms with Crippen molar-refractivity contribution < 1.29 is 8.42 Å². The number of aromatic nitrogens is 1. The number of hydrogen-bond acceptors (Lipinski definition) is 2. The van der Waals surface area contributed by atoms with Gasteiger partial charge in [0.05, 0.1) is 0 Å². The molecule has 140 valence electrons. The van der Waals surface area contributed by atoms with Gasteiger partial charge < -0.3 is 4.98 Å². The fourth-order valence-corrected chi connectivity index (χ4v) is 6.20. The van der Waals surface area contributed by atoms with Gasteiger partial charge in [-0.3, -0.25) is 0 Å². The Kier molecular flexibility index (Phi) is 4.67. The molecule has 1 fully saturated rings. The van der Waals surface area contributed by atoms with Crippen LogP contribution in [0, 0.1) is 11.8 Å². The monoisotopic (exact) mass is 373 g/mol. The first-order valence-electron chi connectivity index (χ1n) is 9.46. The van der Waals surface area contributed by atoms with Gasteiger partial charge in [0.2, 0.25) is 0 Å². The van der Waals surface area contributed by atoms with Crippen LogP contribution in [-0.2, 0) is 10.2 Å². The molecule has 1 saturated heterocycles. The summed E-state index contributed by atoms with van der Waals surface area (Å²) in [6.45, 7) is 6.57. The van der Waals surface area contributed by atoms with Crippen LogP contribution >= 0.6 is 0 Å². The Morgan fingerprint density at radius 2 is 1.81 bits per heavy atom. The van der Waals surface area contributed by atoms with E-state index in [-0.39, 0.29) is 0 Å². The van der Waals surface area contributed by atoms with Crippen molar-refractivity contribution in [2.75, 3.05) is 26.2 Å². The van der Waals surface area contributed by atoms with Crippen LogP contribution in [0.1, 0.15) is 32.3 Å². The van der Waals surface area contributed by atoms with E-state index in [1.807, 2.05) is 18.3 Å². The molecule has 1 aromatic heterocycles. The molecule has 0 saturated carbocycles. The van der Waals surface area contributed by atoms with Crippen molar-refractivity contribution in [1.29, 1.82) is 0 Å². The largest absolute Gasteiger partial charge is 0.361 e. The van der Waals surface area contributed by atoms with Gasteiger partial charge in [0.15, 0.2) is 0 Å². The van der Waals surface area contributed by atoms with Crippen molar-refractivity contribution in [1.82, 2.24) is 13.6 Å². The smallest absolute Gasteiger partial charge is 0.282 e. The van der Waals surface area contributed by atoms with E-state index in [1.165, 1.54) is 16.5 Å². The number of para-hydroxylation sites is 1. The molecule has 2 aromatic rings. The molecule has 1 N–H and O–H groups in total. The van der Waals surface area contributed by atoms with Gasteiger partial charge in [-0.25, -0.2) is 0 Å². The number of benzene rings is 1. The number of fused-ring (bicyclic) bond motifs is 1. The third-order valence-electron chi connectivity index (χ3n) is 5.59. The molecule has 5 nitrogen and oxygen atoms in total. The van der Waals surface area contributed by atoms with Gasteiger partial charge in [-0.05, 0) is 36.3 Å². The molecule has 4 rings (SSSR count). The van der Waals surface area contributed by atoms with Gasteiger partial charge in [0, 0.05) is 48.8 Å². The Hall–Kier alpha value is -1.63. The van der Waals surface area contributed by atoms with Gasteiger partial charge in [0.25, 0.3) is 10.2 Å². The maximum absolute atomic E-state index is 13.1. The van der Waals surface area contributed by atoms with Crippen molar-refractivity contribution in [3.8, 4) is 0 Å². The third kappa shape index (κ3) is 3.21. The second-order valence-electron chi connectivity index (χ2n) is 7.86. The summed E-state index contributed by atoms with van der Waals surface area (Å²) in [5.74, 6) is 0.853. The maximum atomic E-state index is 13.1. The summed E-state index contributed by atoms with van der Waals surface area (Å²) in [5.41, 5.74) is 3.54. The Morgan fingerprint density at radius 3 is 2.50 bits per heavy atom. The van der Waals surface area contributed by atoms with Crippen molar-refractivity contribution in [2.45, 2.75) is 26.7 Å². The quantitative estimate of drug-likeness (QED) is 0.895. The molecule has 1 aromatic carbocycles. The molecule has 0 radical (unpaired) electrons. The number of rotatable bonds is 3. The molecule has 0 aliphatic carbocycles. The summed E-state index contributed by atoms with van der Waals surface area (Å²) < 4.78 is 29.4.